The third-order valence-corrected chi connectivity index (χ3v) is 4.34. The van der Waals surface area contributed by atoms with Crippen molar-refractivity contribution in [3.05, 3.63) is 41.5 Å². The number of benzene rings is 1. The molecular formula is C16H20N4O3. The Labute approximate surface area is 134 Å². The highest BCUT2D eigenvalue weighted by Crippen LogP contribution is 2.34. The second kappa shape index (κ2) is 6.02. The Bertz CT molecular complexity index is 646. The summed E-state index contributed by atoms with van der Waals surface area (Å²) in [6.07, 6.45) is 3.58. The fourth-order valence-electron chi connectivity index (χ4n) is 2.98. The van der Waals surface area contributed by atoms with E-state index in [1.807, 2.05) is 17.0 Å². The molecule has 3 rings (SSSR count). The molecule has 5 N–H and O–H groups in total. The molecule has 1 aromatic carbocycles. The van der Waals surface area contributed by atoms with Crippen molar-refractivity contribution < 1.29 is 14.7 Å². The molecule has 0 bridgehead atoms. The lowest BCUT2D eigenvalue weighted by molar-refractivity contribution is -0.140. The number of hydrogen-bond donors (Lipinski definition) is 4. The molecule has 23 heavy (non-hydrogen) atoms. The Morgan fingerprint density at radius 3 is 2.57 bits per heavy atom. The minimum Gasteiger partial charge on any atom is -0.480 e. The molecule has 7 nitrogen and oxygen atoms in total. The third kappa shape index (κ3) is 3.35. The first-order valence-electron chi connectivity index (χ1n) is 7.53. The first-order chi connectivity index (χ1) is 11.0. The Hall–Kier alpha value is -2.38. The summed E-state index contributed by atoms with van der Waals surface area (Å²) in [5.41, 5.74) is 10.6. The number of carbonyl (C=O) groups is 1. The predicted octanol–water partition coefficient (Wildman–Crippen LogP) is 0.766. The number of nitrogens with two attached hydrogens (primary N) is 1. The smallest absolute Gasteiger partial charge is 0.317 e. The number of nitrogens with zero attached hydrogens (tertiary/aromatic N) is 1. The van der Waals surface area contributed by atoms with E-state index in [1.165, 1.54) is 0 Å². The monoisotopic (exact) mass is 316 g/mol. The van der Waals surface area contributed by atoms with Gasteiger partial charge in [-0.3, -0.25) is 25.4 Å². The van der Waals surface area contributed by atoms with Crippen LogP contribution in [0, 0.1) is 5.41 Å². The number of rotatable bonds is 4. The zero-order valence-corrected chi connectivity index (χ0v) is 12.7. The van der Waals surface area contributed by atoms with E-state index >= 15 is 0 Å². The van der Waals surface area contributed by atoms with Crippen LogP contribution in [0.2, 0.25) is 0 Å². The number of carboxylic acid groups (broad SMARTS) is 1. The van der Waals surface area contributed by atoms with E-state index in [1.54, 1.807) is 12.1 Å². The van der Waals surface area contributed by atoms with Gasteiger partial charge in [-0.05, 0) is 24.5 Å². The normalized spacial score (nSPS) is 20.1. The number of likely N-dealkylation sites (tertiary alicyclic amines) is 1. The van der Waals surface area contributed by atoms with Crippen molar-refractivity contribution in [3.8, 4) is 0 Å². The van der Waals surface area contributed by atoms with Gasteiger partial charge < -0.3 is 10.8 Å². The predicted molar refractivity (Wildman–Crippen MR) is 85.7 cm³/mol. The zero-order chi connectivity index (χ0) is 16.4. The number of carboxylic acids is 1. The molecular weight excluding hydrogens is 296 g/mol. The van der Waals surface area contributed by atoms with Gasteiger partial charge in [0.2, 0.25) is 0 Å². The molecule has 0 unspecified atom stereocenters. The Balaban J connectivity index is 1.69. The van der Waals surface area contributed by atoms with Crippen LogP contribution in [-0.2, 0) is 9.63 Å². The van der Waals surface area contributed by atoms with Crippen molar-refractivity contribution in [1.82, 2.24) is 10.4 Å². The Kier molecular flexibility index (Phi) is 4.06. The summed E-state index contributed by atoms with van der Waals surface area (Å²) >= 11 is 0. The van der Waals surface area contributed by atoms with Crippen LogP contribution >= 0.6 is 0 Å². The van der Waals surface area contributed by atoms with Gasteiger partial charge in [0.15, 0.2) is 0 Å². The molecule has 2 heterocycles. The van der Waals surface area contributed by atoms with Crippen molar-refractivity contribution in [1.29, 1.82) is 5.41 Å². The van der Waals surface area contributed by atoms with Crippen molar-refractivity contribution in [2.75, 3.05) is 19.6 Å². The largest absolute Gasteiger partial charge is 0.480 e. The molecule has 1 aromatic rings. The van der Waals surface area contributed by atoms with Gasteiger partial charge in [-0.25, -0.2) is 0 Å². The van der Waals surface area contributed by atoms with E-state index in [0.717, 1.165) is 24.1 Å². The summed E-state index contributed by atoms with van der Waals surface area (Å²) in [5, 5.41) is 16.3. The van der Waals surface area contributed by atoms with Crippen LogP contribution in [0.5, 0.6) is 0 Å². The zero-order valence-electron chi connectivity index (χ0n) is 12.7. The molecule has 1 fully saturated rings. The van der Waals surface area contributed by atoms with Crippen LogP contribution in [0.25, 0.3) is 5.70 Å². The molecule has 7 heteroatoms. The summed E-state index contributed by atoms with van der Waals surface area (Å²) in [4.78, 5) is 18.5. The number of aliphatic carboxylic acids is 1. The van der Waals surface area contributed by atoms with Gasteiger partial charge in [0.1, 0.15) is 11.4 Å². The lowest BCUT2D eigenvalue weighted by Crippen LogP contribution is -2.45. The maximum atomic E-state index is 10.8. The second-order valence-corrected chi connectivity index (χ2v) is 5.99. The number of hydrogen-bond acceptors (Lipinski definition) is 5. The molecule has 0 amide bonds. The standard InChI is InChI=1S/C16H20N4O3/c17-15(18)12-3-1-11(2-4-12)13-9-16(23-19-13)5-7-20(8-6-16)10-14(21)22/h1-4,9,19H,5-8,10H2,(H3,17,18)(H,21,22). The van der Waals surface area contributed by atoms with Crippen LogP contribution in [0.4, 0.5) is 0 Å². The topological polar surface area (TPSA) is 112 Å². The van der Waals surface area contributed by atoms with Crippen molar-refractivity contribution in [3.63, 3.8) is 0 Å². The lowest BCUT2D eigenvalue weighted by Gasteiger charge is -2.35. The highest BCUT2D eigenvalue weighted by atomic mass is 16.7. The van der Waals surface area contributed by atoms with Crippen molar-refractivity contribution in [2.24, 2.45) is 5.73 Å². The molecule has 0 atom stereocenters. The molecule has 0 saturated carbocycles. The molecule has 0 radical (unpaired) electrons. The summed E-state index contributed by atoms with van der Waals surface area (Å²) in [6.45, 7) is 1.47. The highest BCUT2D eigenvalue weighted by Gasteiger charge is 2.39. The maximum absolute atomic E-state index is 10.8. The molecule has 0 aromatic heterocycles. The number of hydroxylamine groups is 1. The van der Waals surface area contributed by atoms with Gasteiger partial charge in [-0.15, -0.1) is 0 Å². The third-order valence-electron chi connectivity index (χ3n) is 4.34. The minimum absolute atomic E-state index is 0.0448. The second-order valence-electron chi connectivity index (χ2n) is 5.99. The van der Waals surface area contributed by atoms with Crippen LogP contribution in [0.3, 0.4) is 0 Å². The van der Waals surface area contributed by atoms with E-state index in [4.69, 9.17) is 21.1 Å². The molecule has 122 valence electrons. The average molecular weight is 316 g/mol. The summed E-state index contributed by atoms with van der Waals surface area (Å²) in [7, 11) is 0. The van der Waals surface area contributed by atoms with Crippen LogP contribution in [0.1, 0.15) is 24.0 Å². The molecule has 2 aliphatic rings. The summed E-state index contributed by atoms with van der Waals surface area (Å²) in [5.74, 6) is -0.753. The Morgan fingerprint density at radius 1 is 1.35 bits per heavy atom. The number of nitrogen functional groups attached to an aromatic ring is 1. The first-order valence-corrected chi connectivity index (χ1v) is 7.53. The number of piperidine rings is 1. The van der Waals surface area contributed by atoms with Crippen molar-refractivity contribution in [2.45, 2.75) is 18.4 Å². The van der Waals surface area contributed by atoms with Gasteiger partial charge in [0.25, 0.3) is 0 Å². The van der Waals surface area contributed by atoms with Gasteiger partial charge in [0, 0.05) is 18.7 Å². The molecule has 1 spiro atoms. The van der Waals surface area contributed by atoms with Gasteiger partial charge in [-0.1, -0.05) is 24.3 Å². The van der Waals surface area contributed by atoms with Gasteiger partial charge >= 0.3 is 5.97 Å². The van der Waals surface area contributed by atoms with Crippen LogP contribution in [-0.4, -0.2) is 47.0 Å². The van der Waals surface area contributed by atoms with E-state index in [2.05, 4.69) is 11.6 Å². The van der Waals surface area contributed by atoms with E-state index in [9.17, 15) is 4.79 Å². The SMILES string of the molecule is N=C(N)c1ccc(C2=CC3(CCN(CC(=O)O)CC3)ON2)cc1. The average Bonchev–Trinajstić information content (AvgIpc) is 2.94. The molecule has 1 saturated heterocycles. The highest BCUT2D eigenvalue weighted by molar-refractivity contribution is 5.95. The minimum atomic E-state index is -0.798. The lowest BCUT2D eigenvalue weighted by atomic mass is 9.90. The molecule has 0 aliphatic carbocycles. The maximum Gasteiger partial charge on any atom is 0.317 e. The van der Waals surface area contributed by atoms with Crippen LogP contribution in [0.15, 0.2) is 30.3 Å². The van der Waals surface area contributed by atoms with Gasteiger partial charge in [0.05, 0.1) is 12.2 Å². The van der Waals surface area contributed by atoms with Crippen molar-refractivity contribution >= 4 is 17.5 Å². The Morgan fingerprint density at radius 2 is 2.00 bits per heavy atom. The van der Waals surface area contributed by atoms with E-state index < -0.39 is 5.97 Å². The fraction of sp³-hybridized carbons (Fsp3) is 0.375. The van der Waals surface area contributed by atoms with E-state index in [0.29, 0.717) is 18.7 Å². The summed E-state index contributed by atoms with van der Waals surface area (Å²) < 4.78 is 0. The summed E-state index contributed by atoms with van der Waals surface area (Å²) in [6, 6.07) is 7.41. The van der Waals surface area contributed by atoms with E-state index in [-0.39, 0.29) is 18.0 Å². The quantitative estimate of drug-likeness (QED) is 0.482. The fourth-order valence-corrected chi connectivity index (χ4v) is 2.98. The molecule has 2 aliphatic heterocycles. The first kappa shape index (κ1) is 15.5. The number of amidine groups is 1. The van der Waals surface area contributed by atoms with Crippen LogP contribution < -0.4 is 11.2 Å². The number of nitrogens with one attached hydrogen (secondary N) is 2. The van der Waals surface area contributed by atoms with Gasteiger partial charge in [-0.2, -0.15) is 0 Å².